The summed E-state index contributed by atoms with van der Waals surface area (Å²) in [4.78, 5) is 14.8. The van der Waals surface area contributed by atoms with Crippen LogP contribution in [0.4, 0.5) is 4.39 Å². The number of rotatable bonds is 2. The molecule has 5 aromatic carbocycles. The summed E-state index contributed by atoms with van der Waals surface area (Å²) < 4.78 is 14.3. The summed E-state index contributed by atoms with van der Waals surface area (Å²) in [6, 6.07) is 31.3. The molecule has 0 unspecified atom stereocenters. The van der Waals surface area contributed by atoms with Gasteiger partial charge in [-0.25, -0.2) is 4.39 Å². The van der Waals surface area contributed by atoms with Gasteiger partial charge in [0.1, 0.15) is 5.82 Å². The minimum absolute atomic E-state index is 0. The molecule has 1 heterocycles. The van der Waals surface area contributed by atoms with Crippen molar-refractivity contribution in [3.63, 3.8) is 0 Å². The fourth-order valence-corrected chi connectivity index (χ4v) is 4.63. The molecule has 3 nitrogen and oxygen atoms in total. The summed E-state index contributed by atoms with van der Waals surface area (Å²) in [7, 11) is 0. The molecule has 0 atom stereocenters. The third-order valence-corrected chi connectivity index (χ3v) is 6.07. The minimum atomic E-state index is -0.203. The van der Waals surface area contributed by atoms with Gasteiger partial charge in [-0.15, -0.1) is 17.5 Å². The molecule has 0 bridgehead atoms. The van der Waals surface area contributed by atoms with Gasteiger partial charge in [-0.3, -0.25) is 9.78 Å². The molecule has 0 aliphatic carbocycles. The minimum Gasteiger partial charge on any atom is -0.512 e. The number of fused-ring (bicyclic) bond motifs is 6. The molecule has 6 rings (SSSR count). The monoisotopic (exact) mass is 665 g/mol. The second kappa shape index (κ2) is 11.0. The van der Waals surface area contributed by atoms with E-state index >= 15 is 0 Å². The van der Waals surface area contributed by atoms with Gasteiger partial charge in [-0.1, -0.05) is 88.5 Å². The Morgan fingerprint density at radius 1 is 0.757 bits per heavy atom. The molecule has 0 fully saturated rings. The quantitative estimate of drug-likeness (QED) is 0.0877. The van der Waals surface area contributed by atoms with Crippen molar-refractivity contribution in [1.82, 2.24) is 4.98 Å². The van der Waals surface area contributed by atoms with Crippen molar-refractivity contribution in [2.24, 2.45) is 0 Å². The number of nitrogens with zero attached hydrogens (tertiary/aromatic N) is 1. The van der Waals surface area contributed by atoms with E-state index in [1.807, 2.05) is 36.4 Å². The van der Waals surface area contributed by atoms with Crippen molar-refractivity contribution < 1.29 is 34.4 Å². The molecule has 37 heavy (non-hydrogen) atoms. The fourth-order valence-electron chi connectivity index (χ4n) is 4.63. The number of allylic oxidation sites excluding steroid dienone is 2. The van der Waals surface area contributed by atoms with Crippen molar-refractivity contribution in [2.75, 3.05) is 0 Å². The number of aliphatic hydroxyl groups excluding tert-OH is 1. The zero-order valence-corrected chi connectivity index (χ0v) is 22.6. The standard InChI is InChI=1S/C27H15FN.C5H8O2.Ir/c28-26-11-5-10-20-22-14-15-29-27(24(22)13-12-23(20)26)25-16-17-6-1-2-7-18(17)19-8-3-4-9-21(19)25;1-4(6)3-5(2)7;/h1-15H;3,6H,1-2H3;/q-1;;/b;4-3-;. The number of aromatic nitrogens is 1. The molecule has 0 amide bonds. The number of carbonyl (C=O) groups is 1. The van der Waals surface area contributed by atoms with Gasteiger partial charge in [0, 0.05) is 43.5 Å². The molecule has 1 radical (unpaired) electrons. The summed E-state index contributed by atoms with van der Waals surface area (Å²) >= 11 is 0. The fraction of sp³-hybridized carbons (Fsp3) is 0.0625. The molecule has 185 valence electrons. The topological polar surface area (TPSA) is 50.2 Å². The Labute approximate surface area is 227 Å². The zero-order valence-electron chi connectivity index (χ0n) is 20.3. The molecule has 6 aromatic rings. The third kappa shape index (κ3) is 5.15. The van der Waals surface area contributed by atoms with E-state index in [1.165, 1.54) is 36.8 Å². The Balaban J connectivity index is 0.000000356. The molecular formula is C32H23FIrNO2-. The molecular weight excluding hydrogens is 642 g/mol. The van der Waals surface area contributed by atoms with Crippen molar-refractivity contribution in [2.45, 2.75) is 13.8 Å². The first-order valence-corrected chi connectivity index (χ1v) is 11.6. The molecule has 1 aromatic heterocycles. The van der Waals surface area contributed by atoms with Gasteiger partial charge < -0.3 is 5.11 Å². The number of aliphatic hydroxyl groups is 1. The molecule has 5 heteroatoms. The molecule has 1 N–H and O–H groups in total. The van der Waals surface area contributed by atoms with Crippen LogP contribution < -0.4 is 0 Å². The van der Waals surface area contributed by atoms with Gasteiger partial charge in [-0.05, 0) is 42.1 Å². The Morgan fingerprint density at radius 2 is 1.35 bits per heavy atom. The molecule has 0 saturated carbocycles. The van der Waals surface area contributed by atoms with Crippen LogP contribution in [0, 0.1) is 11.9 Å². The average molecular weight is 665 g/mol. The van der Waals surface area contributed by atoms with E-state index < -0.39 is 0 Å². The van der Waals surface area contributed by atoms with Gasteiger partial charge in [0.15, 0.2) is 5.78 Å². The van der Waals surface area contributed by atoms with Crippen LogP contribution in [0.3, 0.4) is 0 Å². The average Bonchev–Trinajstić information content (AvgIpc) is 2.87. The summed E-state index contributed by atoms with van der Waals surface area (Å²) in [5.41, 5.74) is 1.84. The van der Waals surface area contributed by atoms with E-state index in [0.29, 0.717) is 5.39 Å². The van der Waals surface area contributed by atoms with Crippen LogP contribution in [0.1, 0.15) is 13.8 Å². The number of hydrogen-bond donors (Lipinski definition) is 1. The summed E-state index contributed by atoms with van der Waals surface area (Å²) in [6.07, 6.45) is 2.97. The normalized spacial score (nSPS) is 11.3. The summed E-state index contributed by atoms with van der Waals surface area (Å²) in [5, 5.41) is 16.4. The number of ketones is 1. The number of pyridine rings is 1. The predicted molar refractivity (Wildman–Crippen MR) is 146 cm³/mol. The van der Waals surface area contributed by atoms with E-state index in [4.69, 9.17) is 10.1 Å². The Hall–Kier alpha value is -3.92. The Morgan fingerprint density at radius 3 is 2.05 bits per heavy atom. The van der Waals surface area contributed by atoms with Crippen LogP contribution in [-0.4, -0.2) is 15.9 Å². The Kier molecular flexibility index (Phi) is 7.77. The third-order valence-electron chi connectivity index (χ3n) is 6.07. The van der Waals surface area contributed by atoms with Gasteiger partial charge >= 0.3 is 0 Å². The zero-order chi connectivity index (χ0) is 25.2. The van der Waals surface area contributed by atoms with Crippen LogP contribution in [0.15, 0.2) is 103 Å². The molecule has 0 aliphatic rings. The number of halogens is 1. The van der Waals surface area contributed by atoms with E-state index in [9.17, 15) is 9.18 Å². The predicted octanol–water partition coefficient (Wildman–Crippen LogP) is 8.34. The van der Waals surface area contributed by atoms with Gasteiger partial charge in [0.25, 0.3) is 0 Å². The van der Waals surface area contributed by atoms with Gasteiger partial charge in [-0.2, -0.15) is 0 Å². The largest absolute Gasteiger partial charge is 0.512 e. The van der Waals surface area contributed by atoms with Crippen LogP contribution in [0.25, 0.3) is 54.3 Å². The van der Waals surface area contributed by atoms with Crippen LogP contribution in [0.5, 0.6) is 0 Å². The van der Waals surface area contributed by atoms with E-state index in [2.05, 4.69) is 42.5 Å². The second-order valence-corrected chi connectivity index (χ2v) is 8.64. The molecule has 0 spiro atoms. The van der Waals surface area contributed by atoms with E-state index in [1.54, 1.807) is 12.3 Å². The second-order valence-electron chi connectivity index (χ2n) is 8.64. The van der Waals surface area contributed by atoms with E-state index in [-0.39, 0.29) is 37.5 Å². The van der Waals surface area contributed by atoms with Gasteiger partial charge in [0.05, 0.1) is 5.76 Å². The Bertz CT molecular complexity index is 1810. The van der Waals surface area contributed by atoms with Crippen molar-refractivity contribution >= 4 is 48.9 Å². The molecule has 0 aliphatic heterocycles. The van der Waals surface area contributed by atoms with Crippen molar-refractivity contribution in [3.05, 3.63) is 115 Å². The molecule has 0 saturated heterocycles. The van der Waals surface area contributed by atoms with Crippen molar-refractivity contribution in [1.29, 1.82) is 0 Å². The first kappa shape index (κ1) is 26.2. The van der Waals surface area contributed by atoms with Crippen molar-refractivity contribution in [3.8, 4) is 11.3 Å². The van der Waals surface area contributed by atoms with Crippen LogP contribution in [-0.2, 0) is 24.9 Å². The first-order valence-electron chi connectivity index (χ1n) is 11.6. The van der Waals surface area contributed by atoms with Crippen LogP contribution >= 0.6 is 0 Å². The summed E-state index contributed by atoms with van der Waals surface area (Å²) in [5.74, 6) is -0.266. The number of hydrogen-bond acceptors (Lipinski definition) is 3. The smallest absolute Gasteiger partial charge is 0.155 e. The number of carbonyl (C=O) groups excluding carboxylic acids is 1. The number of benzene rings is 5. The maximum atomic E-state index is 14.3. The first-order chi connectivity index (χ1) is 17.4. The summed E-state index contributed by atoms with van der Waals surface area (Å²) in [6.45, 7) is 2.85. The van der Waals surface area contributed by atoms with Crippen LogP contribution in [0.2, 0.25) is 0 Å². The van der Waals surface area contributed by atoms with E-state index in [0.717, 1.165) is 38.2 Å². The maximum absolute atomic E-state index is 14.3. The van der Waals surface area contributed by atoms with Gasteiger partial charge in [0.2, 0.25) is 0 Å². The SMILES string of the molecule is CC(=O)/C=C(/C)O.Fc1cccc2c1ccc1c(-c3[c-]c4ccccc4c4ccccc34)nccc12.[Ir]. The maximum Gasteiger partial charge on any atom is 0.155 e.